The molecule has 3 aromatic carbocycles. The van der Waals surface area contributed by atoms with E-state index < -0.39 is 11.8 Å². The molecule has 0 unspecified atom stereocenters. The zero-order chi connectivity index (χ0) is 24.5. The van der Waals surface area contributed by atoms with Crippen LogP contribution >= 0.6 is 12.2 Å². The molecule has 1 aliphatic heterocycles. The first-order valence-corrected chi connectivity index (χ1v) is 11.2. The van der Waals surface area contributed by atoms with Gasteiger partial charge in [-0.1, -0.05) is 48.5 Å². The number of thiocarbonyl (C=S) groups is 1. The van der Waals surface area contributed by atoms with Gasteiger partial charge in [-0.2, -0.15) is 0 Å². The monoisotopic (exact) mass is 485 g/mol. The Morgan fingerprint density at radius 1 is 1.00 bits per heavy atom. The molecular weight excluding hydrogens is 465 g/mol. The van der Waals surface area contributed by atoms with E-state index in [-0.39, 0.29) is 16.5 Å². The molecule has 1 N–H and O–H groups in total. The number of anilines is 1. The van der Waals surface area contributed by atoms with Crippen molar-refractivity contribution in [2.75, 3.05) is 12.0 Å². The van der Waals surface area contributed by atoms with E-state index in [1.807, 2.05) is 35.0 Å². The van der Waals surface area contributed by atoms with E-state index in [4.69, 9.17) is 17.0 Å². The first kappa shape index (κ1) is 22.5. The van der Waals surface area contributed by atoms with Crippen LogP contribution in [0, 0.1) is 5.82 Å². The van der Waals surface area contributed by atoms with Crippen LogP contribution < -0.4 is 15.0 Å². The standard InChI is InChI=1S/C27H20FN3O3S/c1-34-24-13-7-6-12-23(24)31-26(33)20(25(32)29-27(31)35)14-18-16-30(22-11-5-3-9-19(18)22)15-17-8-2-4-10-21(17)28/h2-14,16H,15H2,1H3,(H,29,32,35)/b20-14+. The van der Waals surface area contributed by atoms with Crippen LogP contribution in [-0.4, -0.2) is 28.6 Å². The molecule has 8 heteroatoms. The molecule has 0 atom stereocenters. The fourth-order valence-electron chi connectivity index (χ4n) is 4.18. The molecule has 2 amide bonds. The number of nitrogens with zero attached hydrogens (tertiary/aromatic N) is 2. The highest BCUT2D eigenvalue weighted by atomic mass is 32.1. The lowest BCUT2D eigenvalue weighted by atomic mass is 10.1. The first-order chi connectivity index (χ1) is 17.0. The molecule has 2 heterocycles. The maximum Gasteiger partial charge on any atom is 0.270 e. The number of fused-ring (bicyclic) bond motifs is 1. The van der Waals surface area contributed by atoms with Gasteiger partial charge in [-0.15, -0.1) is 0 Å². The van der Waals surface area contributed by atoms with Crippen molar-refractivity contribution in [2.45, 2.75) is 6.54 Å². The van der Waals surface area contributed by atoms with Gasteiger partial charge in [-0.05, 0) is 42.6 Å². The predicted octanol–water partition coefficient (Wildman–Crippen LogP) is 4.67. The van der Waals surface area contributed by atoms with Crippen LogP contribution in [-0.2, 0) is 16.1 Å². The Labute approximate surface area is 206 Å². The minimum absolute atomic E-state index is 0.0244. The number of nitrogens with one attached hydrogen (secondary N) is 1. The molecule has 0 radical (unpaired) electrons. The Morgan fingerprint density at radius 3 is 2.51 bits per heavy atom. The van der Waals surface area contributed by atoms with Crippen LogP contribution in [0.3, 0.4) is 0 Å². The topological polar surface area (TPSA) is 63.6 Å². The van der Waals surface area contributed by atoms with Gasteiger partial charge in [-0.3, -0.25) is 14.9 Å². The number of carbonyl (C=O) groups excluding carboxylic acids is 2. The van der Waals surface area contributed by atoms with E-state index in [2.05, 4.69) is 5.32 Å². The van der Waals surface area contributed by atoms with E-state index >= 15 is 0 Å². The molecule has 0 spiro atoms. The number of hydrogen-bond acceptors (Lipinski definition) is 4. The summed E-state index contributed by atoms with van der Waals surface area (Å²) in [4.78, 5) is 27.6. The lowest BCUT2D eigenvalue weighted by molar-refractivity contribution is -0.122. The van der Waals surface area contributed by atoms with Gasteiger partial charge in [0.05, 0.1) is 19.3 Å². The van der Waals surface area contributed by atoms with Gasteiger partial charge < -0.3 is 9.30 Å². The molecule has 1 saturated heterocycles. The maximum absolute atomic E-state index is 14.3. The molecule has 174 valence electrons. The minimum atomic E-state index is -0.586. The van der Waals surface area contributed by atoms with Gasteiger partial charge in [0.25, 0.3) is 11.8 Å². The lowest BCUT2D eigenvalue weighted by Crippen LogP contribution is -2.54. The second kappa shape index (κ2) is 9.15. The predicted molar refractivity (Wildman–Crippen MR) is 137 cm³/mol. The van der Waals surface area contributed by atoms with E-state index in [1.54, 1.807) is 48.5 Å². The Morgan fingerprint density at radius 2 is 1.71 bits per heavy atom. The van der Waals surface area contributed by atoms with E-state index in [1.165, 1.54) is 18.1 Å². The zero-order valence-corrected chi connectivity index (χ0v) is 19.5. The van der Waals surface area contributed by atoms with Crippen molar-refractivity contribution in [1.29, 1.82) is 0 Å². The summed E-state index contributed by atoms with van der Waals surface area (Å²) in [5.41, 5.74) is 2.40. The van der Waals surface area contributed by atoms with Gasteiger partial charge in [0.15, 0.2) is 5.11 Å². The third-order valence-electron chi connectivity index (χ3n) is 5.85. The number of carbonyl (C=O) groups is 2. The largest absolute Gasteiger partial charge is 0.495 e. The summed E-state index contributed by atoms with van der Waals surface area (Å²) in [6.45, 7) is 0.300. The van der Waals surface area contributed by atoms with Crippen molar-refractivity contribution in [3.05, 3.63) is 102 Å². The lowest BCUT2D eigenvalue weighted by Gasteiger charge is -2.29. The summed E-state index contributed by atoms with van der Waals surface area (Å²) in [6, 6.07) is 21.1. The molecule has 1 aliphatic rings. The normalized spacial score (nSPS) is 15.1. The molecule has 1 aromatic heterocycles. The smallest absolute Gasteiger partial charge is 0.270 e. The molecule has 35 heavy (non-hydrogen) atoms. The third kappa shape index (κ3) is 4.08. The van der Waals surface area contributed by atoms with Crippen LogP contribution in [0.2, 0.25) is 0 Å². The molecule has 0 aliphatic carbocycles. The average Bonchev–Trinajstić information content (AvgIpc) is 3.20. The van der Waals surface area contributed by atoms with E-state index in [0.29, 0.717) is 29.1 Å². The van der Waals surface area contributed by atoms with Crippen molar-refractivity contribution in [2.24, 2.45) is 0 Å². The van der Waals surface area contributed by atoms with Gasteiger partial charge in [-0.25, -0.2) is 9.29 Å². The van der Waals surface area contributed by atoms with Gasteiger partial charge in [0.2, 0.25) is 0 Å². The summed E-state index contributed by atoms with van der Waals surface area (Å²) < 4.78 is 21.6. The SMILES string of the molecule is COc1ccccc1N1C(=O)/C(=C/c2cn(Cc3ccccc3F)c3ccccc23)C(=O)NC1=S. The van der Waals surface area contributed by atoms with Crippen LogP contribution in [0.4, 0.5) is 10.1 Å². The number of benzene rings is 3. The average molecular weight is 486 g/mol. The molecule has 5 rings (SSSR count). The highest BCUT2D eigenvalue weighted by molar-refractivity contribution is 7.80. The Balaban J connectivity index is 1.59. The van der Waals surface area contributed by atoms with Crippen molar-refractivity contribution in [1.82, 2.24) is 9.88 Å². The first-order valence-electron chi connectivity index (χ1n) is 10.8. The third-order valence-corrected chi connectivity index (χ3v) is 6.13. The van der Waals surface area contributed by atoms with Gasteiger partial charge >= 0.3 is 0 Å². The molecule has 6 nitrogen and oxygen atoms in total. The molecular formula is C27H20FN3O3S. The van der Waals surface area contributed by atoms with Crippen molar-refractivity contribution < 1.29 is 18.7 Å². The summed E-state index contributed by atoms with van der Waals surface area (Å²) >= 11 is 5.31. The fourth-order valence-corrected chi connectivity index (χ4v) is 4.45. The number of amides is 2. The van der Waals surface area contributed by atoms with Crippen molar-refractivity contribution >= 4 is 51.8 Å². The number of hydrogen-bond donors (Lipinski definition) is 1. The number of aromatic nitrogens is 1. The van der Waals surface area contributed by atoms with Gasteiger partial charge in [0.1, 0.15) is 17.1 Å². The highest BCUT2D eigenvalue weighted by Gasteiger charge is 2.36. The Hall–Kier alpha value is -4.30. The number of methoxy groups -OCH3 is 1. The molecule has 1 fully saturated rings. The van der Waals surface area contributed by atoms with Crippen LogP contribution in [0.1, 0.15) is 11.1 Å². The second-order valence-corrected chi connectivity index (χ2v) is 8.34. The maximum atomic E-state index is 14.3. The summed E-state index contributed by atoms with van der Waals surface area (Å²) in [5.74, 6) is -1.00. The molecule has 0 bridgehead atoms. The Kier molecular flexibility index (Phi) is 5.88. The van der Waals surface area contributed by atoms with Crippen molar-refractivity contribution in [3.63, 3.8) is 0 Å². The second-order valence-electron chi connectivity index (χ2n) is 7.95. The van der Waals surface area contributed by atoms with Crippen LogP contribution in [0.5, 0.6) is 5.75 Å². The Bertz CT molecular complexity index is 1530. The van der Waals surface area contributed by atoms with Gasteiger partial charge in [0, 0.05) is 28.2 Å². The summed E-state index contributed by atoms with van der Waals surface area (Å²) in [7, 11) is 1.50. The zero-order valence-electron chi connectivity index (χ0n) is 18.7. The summed E-state index contributed by atoms with van der Waals surface area (Å²) in [6.07, 6.45) is 3.35. The summed E-state index contributed by atoms with van der Waals surface area (Å²) in [5, 5.41) is 3.40. The molecule has 4 aromatic rings. The van der Waals surface area contributed by atoms with E-state index in [9.17, 15) is 14.0 Å². The number of halogens is 1. The quantitative estimate of drug-likeness (QED) is 0.254. The highest BCUT2D eigenvalue weighted by Crippen LogP contribution is 2.32. The fraction of sp³-hybridized carbons (Fsp3) is 0.0741. The number of para-hydroxylation sites is 3. The van der Waals surface area contributed by atoms with Crippen LogP contribution in [0.25, 0.3) is 17.0 Å². The van der Waals surface area contributed by atoms with E-state index in [0.717, 1.165) is 10.9 Å². The van der Waals surface area contributed by atoms with Crippen molar-refractivity contribution in [3.8, 4) is 5.75 Å². The van der Waals surface area contributed by atoms with Crippen LogP contribution in [0.15, 0.2) is 84.6 Å². The minimum Gasteiger partial charge on any atom is -0.495 e. The number of rotatable bonds is 5. The number of ether oxygens (including phenoxy) is 1. The molecule has 0 saturated carbocycles.